The van der Waals surface area contributed by atoms with E-state index in [1.54, 1.807) is 13.8 Å². The summed E-state index contributed by atoms with van der Waals surface area (Å²) in [5, 5.41) is 17.5. The highest BCUT2D eigenvalue weighted by Crippen LogP contribution is 2.03. The SMILES string of the molecule is CC/C(O)=C(\O)CC. The van der Waals surface area contributed by atoms with Gasteiger partial charge in [0.05, 0.1) is 0 Å². The molecule has 0 atom stereocenters. The van der Waals surface area contributed by atoms with Gasteiger partial charge >= 0.3 is 0 Å². The van der Waals surface area contributed by atoms with Gasteiger partial charge in [0.2, 0.25) is 0 Å². The van der Waals surface area contributed by atoms with Gasteiger partial charge in [-0.25, -0.2) is 0 Å². The van der Waals surface area contributed by atoms with Crippen LogP contribution < -0.4 is 0 Å². The average Bonchev–Trinajstić information content (AvgIpc) is 1.84. The van der Waals surface area contributed by atoms with Gasteiger partial charge in [0.25, 0.3) is 0 Å². The van der Waals surface area contributed by atoms with Gasteiger partial charge in [-0.3, -0.25) is 0 Å². The number of aliphatic hydroxyl groups excluding tert-OH is 2. The van der Waals surface area contributed by atoms with Gasteiger partial charge in [0, 0.05) is 12.8 Å². The molecule has 0 rings (SSSR count). The van der Waals surface area contributed by atoms with E-state index in [0.29, 0.717) is 12.8 Å². The first kappa shape index (κ1) is 7.34. The minimum atomic E-state index is 0.104. The number of rotatable bonds is 2. The maximum absolute atomic E-state index is 8.76. The lowest BCUT2D eigenvalue weighted by molar-refractivity contribution is 0.305. The van der Waals surface area contributed by atoms with E-state index in [9.17, 15) is 0 Å². The van der Waals surface area contributed by atoms with Crippen LogP contribution in [0.1, 0.15) is 26.7 Å². The fraction of sp³-hybridized carbons (Fsp3) is 0.667. The van der Waals surface area contributed by atoms with Crippen molar-refractivity contribution in [2.45, 2.75) is 26.7 Å². The molecule has 0 aliphatic carbocycles. The Balaban J connectivity index is 3.83. The summed E-state index contributed by atoms with van der Waals surface area (Å²) in [5.74, 6) is 0.208. The minimum absolute atomic E-state index is 0.104. The Hall–Kier alpha value is -0.660. The normalized spacial score (nSPS) is 13.2. The summed E-state index contributed by atoms with van der Waals surface area (Å²) in [4.78, 5) is 0. The second kappa shape index (κ2) is 3.36. The Morgan fingerprint density at radius 1 is 1.00 bits per heavy atom. The van der Waals surface area contributed by atoms with E-state index in [2.05, 4.69) is 0 Å². The summed E-state index contributed by atoms with van der Waals surface area (Å²) in [5.41, 5.74) is 0. The molecule has 0 saturated heterocycles. The van der Waals surface area contributed by atoms with Crippen LogP contribution >= 0.6 is 0 Å². The molecule has 0 amide bonds. The van der Waals surface area contributed by atoms with Crippen LogP contribution in [0.4, 0.5) is 0 Å². The summed E-state index contributed by atoms with van der Waals surface area (Å²) >= 11 is 0. The topological polar surface area (TPSA) is 40.5 Å². The summed E-state index contributed by atoms with van der Waals surface area (Å²) in [6.07, 6.45) is 1.03. The van der Waals surface area contributed by atoms with E-state index in [1.165, 1.54) is 0 Å². The zero-order valence-electron chi connectivity index (χ0n) is 5.31. The lowest BCUT2D eigenvalue weighted by Gasteiger charge is -1.96. The molecular weight excluding hydrogens is 104 g/mol. The fourth-order valence-electron chi connectivity index (χ4n) is 0.408. The largest absolute Gasteiger partial charge is 0.509 e. The second-order valence-electron chi connectivity index (χ2n) is 1.60. The van der Waals surface area contributed by atoms with Crippen molar-refractivity contribution in [3.63, 3.8) is 0 Å². The molecule has 2 heteroatoms. The molecule has 0 fully saturated rings. The predicted octanol–water partition coefficient (Wildman–Crippen LogP) is 2.13. The highest BCUT2D eigenvalue weighted by molar-refractivity contribution is 4.95. The minimum Gasteiger partial charge on any atom is -0.509 e. The lowest BCUT2D eigenvalue weighted by Crippen LogP contribution is -1.86. The van der Waals surface area contributed by atoms with E-state index in [4.69, 9.17) is 10.2 Å². The molecule has 2 nitrogen and oxygen atoms in total. The van der Waals surface area contributed by atoms with Crippen molar-refractivity contribution in [3.8, 4) is 0 Å². The first-order valence-electron chi connectivity index (χ1n) is 2.82. The number of hydrogen-bond donors (Lipinski definition) is 2. The Kier molecular flexibility index (Phi) is 3.08. The number of aliphatic hydroxyl groups is 2. The Bertz CT molecular complexity index is 82.7. The molecule has 0 aliphatic heterocycles. The monoisotopic (exact) mass is 116 g/mol. The van der Waals surface area contributed by atoms with E-state index >= 15 is 0 Å². The molecule has 0 aromatic heterocycles. The number of allylic oxidation sites excluding steroid dienone is 2. The van der Waals surface area contributed by atoms with Gasteiger partial charge in [-0.15, -0.1) is 0 Å². The van der Waals surface area contributed by atoms with Crippen molar-refractivity contribution in [2.75, 3.05) is 0 Å². The van der Waals surface area contributed by atoms with Crippen LogP contribution in [0.2, 0.25) is 0 Å². The maximum Gasteiger partial charge on any atom is 0.129 e. The van der Waals surface area contributed by atoms with Gasteiger partial charge in [-0.05, 0) is 0 Å². The van der Waals surface area contributed by atoms with Crippen molar-refractivity contribution in [1.82, 2.24) is 0 Å². The summed E-state index contributed by atoms with van der Waals surface area (Å²) in [6, 6.07) is 0. The van der Waals surface area contributed by atoms with Crippen molar-refractivity contribution in [2.24, 2.45) is 0 Å². The molecule has 0 unspecified atom stereocenters. The molecule has 0 aromatic carbocycles. The average molecular weight is 116 g/mol. The first-order chi connectivity index (χ1) is 3.72. The smallest absolute Gasteiger partial charge is 0.129 e. The molecule has 0 aliphatic rings. The van der Waals surface area contributed by atoms with E-state index in [1.807, 2.05) is 0 Å². The molecule has 0 saturated carbocycles. The van der Waals surface area contributed by atoms with Crippen LogP contribution in [0.15, 0.2) is 11.5 Å². The third-order valence-electron chi connectivity index (χ3n) is 1.00. The molecule has 2 N–H and O–H groups in total. The second-order valence-corrected chi connectivity index (χ2v) is 1.60. The van der Waals surface area contributed by atoms with Crippen LogP contribution in [0.25, 0.3) is 0 Å². The number of hydrogen-bond acceptors (Lipinski definition) is 2. The molecule has 8 heavy (non-hydrogen) atoms. The Labute approximate surface area is 49.5 Å². The van der Waals surface area contributed by atoms with E-state index < -0.39 is 0 Å². The predicted molar refractivity (Wildman–Crippen MR) is 32.9 cm³/mol. The Morgan fingerprint density at radius 2 is 1.25 bits per heavy atom. The summed E-state index contributed by atoms with van der Waals surface area (Å²) < 4.78 is 0. The van der Waals surface area contributed by atoms with Gasteiger partial charge in [-0.2, -0.15) is 0 Å². The van der Waals surface area contributed by atoms with Gasteiger partial charge in [0.15, 0.2) is 0 Å². The highest BCUT2D eigenvalue weighted by Gasteiger charge is 1.94. The van der Waals surface area contributed by atoms with Crippen molar-refractivity contribution < 1.29 is 10.2 Å². The molecule has 0 spiro atoms. The van der Waals surface area contributed by atoms with Crippen molar-refractivity contribution >= 4 is 0 Å². The van der Waals surface area contributed by atoms with Gasteiger partial charge < -0.3 is 10.2 Å². The standard InChI is InChI=1S/C6H12O2/c1-3-5(7)6(8)4-2/h7-8H,3-4H2,1-2H3/b6-5+. The van der Waals surface area contributed by atoms with Gasteiger partial charge in [-0.1, -0.05) is 13.8 Å². The van der Waals surface area contributed by atoms with E-state index in [-0.39, 0.29) is 11.5 Å². The Morgan fingerprint density at radius 3 is 1.38 bits per heavy atom. The molecule has 0 aromatic rings. The van der Waals surface area contributed by atoms with Crippen LogP contribution in [0.5, 0.6) is 0 Å². The zero-order valence-corrected chi connectivity index (χ0v) is 5.31. The van der Waals surface area contributed by atoms with Crippen LogP contribution in [0, 0.1) is 0 Å². The summed E-state index contributed by atoms with van der Waals surface area (Å²) in [7, 11) is 0. The maximum atomic E-state index is 8.76. The first-order valence-corrected chi connectivity index (χ1v) is 2.82. The van der Waals surface area contributed by atoms with E-state index in [0.717, 1.165) is 0 Å². The summed E-state index contributed by atoms with van der Waals surface area (Å²) in [6.45, 7) is 3.59. The third kappa shape index (κ3) is 1.87. The molecule has 0 heterocycles. The van der Waals surface area contributed by atoms with Gasteiger partial charge in [0.1, 0.15) is 11.5 Å². The fourth-order valence-corrected chi connectivity index (χ4v) is 0.408. The molecule has 0 radical (unpaired) electrons. The van der Waals surface area contributed by atoms with Crippen molar-refractivity contribution in [3.05, 3.63) is 11.5 Å². The quantitative estimate of drug-likeness (QED) is 0.542. The molecule has 48 valence electrons. The zero-order chi connectivity index (χ0) is 6.57. The van der Waals surface area contributed by atoms with Crippen LogP contribution in [-0.4, -0.2) is 10.2 Å². The molecule has 0 bridgehead atoms. The van der Waals surface area contributed by atoms with Crippen LogP contribution in [-0.2, 0) is 0 Å². The van der Waals surface area contributed by atoms with Crippen LogP contribution in [0.3, 0.4) is 0 Å². The third-order valence-corrected chi connectivity index (χ3v) is 1.00. The lowest BCUT2D eigenvalue weighted by atomic mass is 10.3. The highest BCUT2D eigenvalue weighted by atomic mass is 16.3. The molecular formula is C6H12O2. The van der Waals surface area contributed by atoms with Crippen molar-refractivity contribution in [1.29, 1.82) is 0 Å².